The third-order valence-corrected chi connectivity index (χ3v) is 3.76. The highest BCUT2D eigenvalue weighted by molar-refractivity contribution is 6.51. The van der Waals surface area contributed by atoms with Crippen molar-refractivity contribution in [3.63, 3.8) is 0 Å². The second kappa shape index (κ2) is 5.19. The molecule has 0 spiro atoms. The molecular formula is C15H14ClF3O3. The van der Waals surface area contributed by atoms with Crippen molar-refractivity contribution in [2.75, 3.05) is 0 Å². The minimum atomic E-state index is -4.87. The summed E-state index contributed by atoms with van der Waals surface area (Å²) >= 11 is 5.89. The molecule has 0 amide bonds. The summed E-state index contributed by atoms with van der Waals surface area (Å²) in [6.45, 7) is 5.71. The summed E-state index contributed by atoms with van der Waals surface area (Å²) in [4.78, 5) is 11.1. The summed E-state index contributed by atoms with van der Waals surface area (Å²) in [5.41, 5.74) is -0.386. The Kier molecular flexibility index (Phi) is 3.94. The van der Waals surface area contributed by atoms with Gasteiger partial charge >= 0.3 is 12.1 Å². The molecule has 0 fully saturated rings. The lowest BCUT2D eigenvalue weighted by molar-refractivity contribution is -0.187. The van der Waals surface area contributed by atoms with Crippen molar-refractivity contribution in [2.24, 2.45) is 0 Å². The maximum atomic E-state index is 13.1. The summed E-state index contributed by atoms with van der Waals surface area (Å²) in [6, 6.07) is 4.64. The smallest absolute Gasteiger partial charge is 0.430 e. The third kappa shape index (κ3) is 2.92. The van der Waals surface area contributed by atoms with Crippen molar-refractivity contribution in [3.8, 4) is 5.75 Å². The first-order valence-electron chi connectivity index (χ1n) is 6.44. The van der Waals surface area contributed by atoms with Crippen LogP contribution in [0.25, 0.3) is 5.03 Å². The zero-order valence-electron chi connectivity index (χ0n) is 12.1. The fraction of sp³-hybridized carbons (Fsp3) is 0.400. The maximum Gasteiger partial charge on any atom is 0.430 e. The lowest BCUT2D eigenvalue weighted by Crippen LogP contribution is -2.41. The van der Waals surface area contributed by atoms with E-state index in [9.17, 15) is 18.0 Å². The molecule has 2 rings (SSSR count). The number of fused-ring (bicyclic) bond motifs is 1. The Balaban J connectivity index is 2.64. The lowest BCUT2D eigenvalue weighted by atomic mass is 9.85. The van der Waals surface area contributed by atoms with E-state index in [0.717, 1.165) is 5.56 Å². The van der Waals surface area contributed by atoms with Crippen LogP contribution >= 0.6 is 11.6 Å². The van der Waals surface area contributed by atoms with Crippen LogP contribution < -0.4 is 4.74 Å². The van der Waals surface area contributed by atoms with Crippen LogP contribution in [-0.2, 0) is 10.2 Å². The zero-order valence-corrected chi connectivity index (χ0v) is 12.8. The number of alkyl halides is 3. The Morgan fingerprint density at radius 2 is 1.86 bits per heavy atom. The number of carbonyl (C=O) groups is 1. The van der Waals surface area contributed by atoms with Gasteiger partial charge in [-0.2, -0.15) is 13.2 Å². The minimum absolute atomic E-state index is 0.0650. The summed E-state index contributed by atoms with van der Waals surface area (Å²) in [6.07, 6.45) is -7.45. The molecule has 1 N–H and O–H groups in total. The average Bonchev–Trinajstić information content (AvgIpc) is 2.35. The van der Waals surface area contributed by atoms with E-state index >= 15 is 0 Å². The average molecular weight is 335 g/mol. The predicted octanol–water partition coefficient (Wildman–Crippen LogP) is 4.34. The quantitative estimate of drug-likeness (QED) is 0.831. The van der Waals surface area contributed by atoms with E-state index in [2.05, 4.69) is 0 Å². The number of aliphatic carboxylic acids is 1. The molecule has 7 heteroatoms. The summed E-state index contributed by atoms with van der Waals surface area (Å²) in [5.74, 6) is -1.82. The molecule has 0 radical (unpaired) electrons. The van der Waals surface area contributed by atoms with Gasteiger partial charge in [0, 0.05) is 5.56 Å². The van der Waals surface area contributed by atoms with E-state index in [0.29, 0.717) is 0 Å². The minimum Gasteiger partial charge on any atom is -0.478 e. The van der Waals surface area contributed by atoms with Gasteiger partial charge in [-0.05, 0) is 23.1 Å². The molecule has 1 aliphatic heterocycles. The van der Waals surface area contributed by atoms with Crippen molar-refractivity contribution in [3.05, 3.63) is 34.9 Å². The number of hydrogen-bond acceptors (Lipinski definition) is 2. The highest BCUT2D eigenvalue weighted by atomic mass is 35.5. The van der Waals surface area contributed by atoms with Crippen LogP contribution in [0.1, 0.15) is 31.9 Å². The maximum absolute atomic E-state index is 13.1. The van der Waals surface area contributed by atoms with Gasteiger partial charge in [-0.15, -0.1) is 0 Å². The van der Waals surface area contributed by atoms with E-state index in [1.807, 2.05) is 20.8 Å². The zero-order chi connectivity index (χ0) is 16.9. The molecule has 0 saturated carbocycles. The highest BCUT2D eigenvalue weighted by Crippen LogP contribution is 2.44. The van der Waals surface area contributed by atoms with E-state index < -0.39 is 28.9 Å². The van der Waals surface area contributed by atoms with Gasteiger partial charge in [0.2, 0.25) is 6.10 Å². The fourth-order valence-corrected chi connectivity index (χ4v) is 2.49. The SMILES string of the molecule is CC(C)(C)c1ccc2c(c1)OC(C(F)(F)F)C(C(=O)O)=C2Cl. The molecule has 120 valence electrons. The number of ether oxygens (including phenoxy) is 1. The van der Waals surface area contributed by atoms with Crippen LogP contribution in [0.4, 0.5) is 13.2 Å². The van der Waals surface area contributed by atoms with Gasteiger partial charge in [0.25, 0.3) is 0 Å². The fourth-order valence-electron chi connectivity index (χ4n) is 2.15. The highest BCUT2D eigenvalue weighted by Gasteiger charge is 2.50. The van der Waals surface area contributed by atoms with Crippen molar-refractivity contribution >= 4 is 22.6 Å². The molecule has 0 aromatic heterocycles. The lowest BCUT2D eigenvalue weighted by Gasteiger charge is -2.30. The Morgan fingerprint density at radius 3 is 2.32 bits per heavy atom. The first-order chi connectivity index (χ1) is 9.93. The molecule has 1 heterocycles. The largest absolute Gasteiger partial charge is 0.478 e. The molecule has 0 saturated heterocycles. The second-order valence-electron chi connectivity index (χ2n) is 6.03. The molecule has 0 aliphatic carbocycles. The monoisotopic (exact) mass is 334 g/mol. The summed E-state index contributed by atoms with van der Waals surface area (Å²) < 4.78 is 44.1. The van der Waals surface area contributed by atoms with E-state index in [-0.39, 0.29) is 16.7 Å². The number of carboxylic acids is 1. The molecule has 1 aromatic carbocycles. The van der Waals surface area contributed by atoms with Crippen molar-refractivity contribution in [2.45, 2.75) is 38.5 Å². The van der Waals surface area contributed by atoms with Gasteiger partial charge in [-0.1, -0.05) is 38.4 Å². The van der Waals surface area contributed by atoms with Crippen LogP contribution in [0.3, 0.4) is 0 Å². The van der Waals surface area contributed by atoms with Crippen molar-refractivity contribution in [1.82, 2.24) is 0 Å². The van der Waals surface area contributed by atoms with Crippen molar-refractivity contribution < 1.29 is 27.8 Å². The van der Waals surface area contributed by atoms with Crippen LogP contribution in [0, 0.1) is 0 Å². The molecule has 0 bridgehead atoms. The Morgan fingerprint density at radius 1 is 1.27 bits per heavy atom. The van der Waals surface area contributed by atoms with Crippen LogP contribution in [0.2, 0.25) is 0 Å². The van der Waals surface area contributed by atoms with Gasteiger partial charge in [0.05, 0.1) is 5.03 Å². The summed E-state index contributed by atoms with van der Waals surface area (Å²) in [5, 5.41) is 8.58. The molecule has 1 unspecified atom stereocenters. The first-order valence-corrected chi connectivity index (χ1v) is 6.82. The van der Waals surface area contributed by atoms with E-state index in [1.165, 1.54) is 12.1 Å². The first kappa shape index (κ1) is 16.7. The molecule has 1 atom stereocenters. The third-order valence-electron chi connectivity index (χ3n) is 3.36. The van der Waals surface area contributed by atoms with Crippen LogP contribution in [0.15, 0.2) is 23.8 Å². The number of hydrogen-bond donors (Lipinski definition) is 1. The van der Waals surface area contributed by atoms with Gasteiger partial charge < -0.3 is 9.84 Å². The van der Waals surface area contributed by atoms with Crippen LogP contribution in [0.5, 0.6) is 5.75 Å². The molecule has 22 heavy (non-hydrogen) atoms. The number of benzene rings is 1. The standard InChI is InChI=1S/C15H14ClF3O3/c1-14(2,3)7-4-5-8-9(6-7)22-12(15(17,18)19)10(11(8)16)13(20)21/h4-6,12H,1-3H3,(H,20,21). The Hall–Kier alpha value is -1.69. The van der Waals surface area contributed by atoms with Gasteiger partial charge in [0.1, 0.15) is 11.3 Å². The number of carboxylic acid groups (broad SMARTS) is 1. The van der Waals surface area contributed by atoms with Crippen molar-refractivity contribution in [1.29, 1.82) is 0 Å². The Labute approximate surface area is 130 Å². The number of halogens is 4. The van der Waals surface area contributed by atoms with Gasteiger partial charge in [-0.25, -0.2) is 4.79 Å². The number of rotatable bonds is 1. The molecule has 1 aromatic rings. The second-order valence-corrected chi connectivity index (χ2v) is 6.41. The summed E-state index contributed by atoms with van der Waals surface area (Å²) in [7, 11) is 0. The van der Waals surface area contributed by atoms with Gasteiger partial charge in [0.15, 0.2) is 0 Å². The van der Waals surface area contributed by atoms with E-state index in [1.54, 1.807) is 6.07 Å². The normalized spacial score (nSPS) is 18.8. The van der Waals surface area contributed by atoms with Crippen LogP contribution in [-0.4, -0.2) is 23.4 Å². The predicted molar refractivity (Wildman–Crippen MR) is 76.0 cm³/mol. The molecule has 1 aliphatic rings. The molecule has 3 nitrogen and oxygen atoms in total. The van der Waals surface area contributed by atoms with E-state index in [4.69, 9.17) is 21.4 Å². The molecular weight excluding hydrogens is 321 g/mol. The topological polar surface area (TPSA) is 46.5 Å². The van der Waals surface area contributed by atoms with Gasteiger partial charge in [-0.3, -0.25) is 0 Å². The Bertz CT molecular complexity index is 657.